The van der Waals surface area contributed by atoms with Crippen LogP contribution in [0.15, 0.2) is 24.3 Å². The second-order valence-electron chi connectivity index (χ2n) is 10.9. The first-order chi connectivity index (χ1) is 19.1. The molecule has 6 nitrogen and oxygen atoms in total. The van der Waals surface area contributed by atoms with Gasteiger partial charge in [0, 0.05) is 38.5 Å². The number of amides is 3. The molecular formula is C33H39FeN3O3+2. The van der Waals surface area contributed by atoms with E-state index in [2.05, 4.69) is 37.8 Å². The molecule has 3 amide bonds. The predicted molar refractivity (Wildman–Crippen MR) is 151 cm³/mol. The average molecular weight is 582 g/mol. The fourth-order valence-electron chi connectivity index (χ4n) is 6.14. The minimum Gasteiger partial charge on any atom is -0.343 e. The molecule has 1 atom stereocenters. The van der Waals surface area contributed by atoms with Gasteiger partial charge in [0.25, 0.3) is 0 Å². The Hall–Kier alpha value is -1.85. The molecule has 0 bridgehead atoms. The van der Waals surface area contributed by atoms with Crippen LogP contribution >= 0.6 is 0 Å². The first kappa shape index (κ1) is 31.1. The molecule has 4 fully saturated rings. The Morgan fingerprint density at radius 1 is 0.825 bits per heavy atom. The van der Waals surface area contributed by atoms with Crippen molar-refractivity contribution >= 4 is 17.7 Å². The van der Waals surface area contributed by atoms with Crippen molar-refractivity contribution in [2.45, 2.75) is 51.0 Å². The van der Waals surface area contributed by atoms with E-state index < -0.39 is 0 Å². The Morgan fingerprint density at radius 3 is 2.20 bits per heavy atom. The zero-order valence-corrected chi connectivity index (χ0v) is 24.2. The number of likely N-dealkylation sites (tertiary alicyclic amines) is 1. The van der Waals surface area contributed by atoms with E-state index in [4.69, 9.17) is 0 Å². The van der Waals surface area contributed by atoms with E-state index in [0.29, 0.717) is 38.9 Å². The minimum absolute atomic E-state index is 0. The summed E-state index contributed by atoms with van der Waals surface area (Å²) in [7, 11) is 0. The van der Waals surface area contributed by atoms with E-state index in [0.717, 1.165) is 32.2 Å². The van der Waals surface area contributed by atoms with Gasteiger partial charge in [-0.05, 0) is 107 Å². The van der Waals surface area contributed by atoms with E-state index in [-0.39, 0.29) is 53.3 Å². The number of hydrogen-bond donors (Lipinski definition) is 0. The molecule has 0 aromatic heterocycles. The summed E-state index contributed by atoms with van der Waals surface area (Å²) in [4.78, 5) is 44.5. The fourth-order valence-corrected chi connectivity index (χ4v) is 6.14. The Balaban J connectivity index is 0.000000557. The summed E-state index contributed by atoms with van der Waals surface area (Å²) in [5, 5.41) is 0. The summed E-state index contributed by atoms with van der Waals surface area (Å²) in [6.45, 7) is 2.76. The maximum atomic E-state index is 13.3. The normalized spacial score (nSPS) is 23.1. The second kappa shape index (κ2) is 15.4. The number of rotatable bonds is 6. The summed E-state index contributed by atoms with van der Waals surface area (Å²) in [5.41, 5.74) is 2.46. The van der Waals surface area contributed by atoms with Gasteiger partial charge in [0.05, 0.1) is 12.6 Å². The van der Waals surface area contributed by atoms with Crippen molar-refractivity contribution in [2.75, 3.05) is 32.7 Å². The van der Waals surface area contributed by atoms with Crippen LogP contribution in [0.1, 0.15) is 55.7 Å². The molecule has 1 aromatic carbocycles. The molecule has 7 heteroatoms. The molecule has 5 aliphatic rings. The molecule has 0 spiro atoms. The van der Waals surface area contributed by atoms with Crippen molar-refractivity contribution in [1.29, 1.82) is 0 Å². The van der Waals surface area contributed by atoms with Crippen LogP contribution in [0.25, 0.3) is 0 Å². The third kappa shape index (κ3) is 7.91. The van der Waals surface area contributed by atoms with Gasteiger partial charge < -0.3 is 14.7 Å². The molecule has 3 heterocycles. The van der Waals surface area contributed by atoms with Crippen molar-refractivity contribution in [3.8, 4) is 0 Å². The van der Waals surface area contributed by atoms with Crippen LogP contribution in [0.3, 0.4) is 0 Å². The number of piperidine rings is 1. The number of carbonyl (C=O) groups is 3. The van der Waals surface area contributed by atoms with E-state index >= 15 is 0 Å². The van der Waals surface area contributed by atoms with Crippen LogP contribution in [0.4, 0.5) is 0 Å². The van der Waals surface area contributed by atoms with E-state index in [9.17, 15) is 14.4 Å². The standard InChI is InChI=1S/C28H34N3O3.C5H5.Fe/c32-26(12-6-3-9-21-7-1-2-8-21)29-16-13-23(14-17-29)28(34)30-19-25-24-11-5-4-10-22(24)15-18-31(25)27(33)20-30;1-2-4-5-3-1;/h1-2,4-5,7-8,10-11,23,25H,3,6,9,12-20H2;1-5H;/q;;+2. The van der Waals surface area contributed by atoms with Crippen LogP contribution in [0.2, 0.25) is 0 Å². The Morgan fingerprint density at radius 2 is 1.50 bits per heavy atom. The zero-order valence-electron chi connectivity index (χ0n) is 23.1. The van der Waals surface area contributed by atoms with Gasteiger partial charge in [0.2, 0.25) is 17.7 Å². The molecule has 1 unspecified atom stereocenters. The Labute approximate surface area is 252 Å². The maximum Gasteiger partial charge on any atom is 2.00 e. The molecule has 6 rings (SSSR count). The largest absolute Gasteiger partial charge is 2.00 e. The Bertz CT molecular complexity index is 975. The zero-order chi connectivity index (χ0) is 27.0. The SMILES string of the molecule is O=C(CCCC[C]1[CH][CH][CH][CH]1)N1CCC(C(=O)N2CC(=O)N3CCc4ccccc4C3C2)CC1.[CH]1[CH][CH][CH][CH]1.[Fe+2]. The molecule has 0 N–H and O–H groups in total. The summed E-state index contributed by atoms with van der Waals surface area (Å²) in [6, 6.07) is 8.25. The molecule has 10 radical (unpaired) electrons. The molecule has 3 aliphatic heterocycles. The topological polar surface area (TPSA) is 60.9 Å². The van der Waals surface area contributed by atoms with Crippen LogP contribution in [0.5, 0.6) is 0 Å². The number of unbranched alkanes of at least 4 members (excludes halogenated alkanes) is 1. The van der Waals surface area contributed by atoms with Gasteiger partial charge >= 0.3 is 17.1 Å². The van der Waals surface area contributed by atoms with Crippen LogP contribution in [-0.2, 0) is 37.9 Å². The summed E-state index contributed by atoms with van der Waals surface area (Å²) in [5.74, 6) is 1.57. The number of nitrogens with zero attached hydrogens (tertiary/aromatic N) is 3. The number of fused-ring (bicyclic) bond motifs is 3. The molecule has 2 saturated heterocycles. The second-order valence-corrected chi connectivity index (χ2v) is 10.9. The van der Waals surface area contributed by atoms with E-state index in [1.54, 1.807) is 4.90 Å². The van der Waals surface area contributed by atoms with Crippen molar-refractivity contribution in [3.63, 3.8) is 0 Å². The maximum absolute atomic E-state index is 13.3. The van der Waals surface area contributed by atoms with Crippen molar-refractivity contribution in [2.24, 2.45) is 5.92 Å². The van der Waals surface area contributed by atoms with Crippen molar-refractivity contribution < 1.29 is 31.5 Å². The molecule has 2 saturated carbocycles. The number of benzene rings is 1. The quantitative estimate of drug-likeness (QED) is 0.374. The van der Waals surface area contributed by atoms with Crippen LogP contribution < -0.4 is 0 Å². The van der Waals surface area contributed by atoms with Crippen molar-refractivity contribution in [3.05, 3.63) is 99.1 Å². The third-order valence-corrected chi connectivity index (χ3v) is 8.35. The first-order valence-corrected chi connectivity index (χ1v) is 14.4. The Kier molecular flexibility index (Phi) is 12.0. The average Bonchev–Trinajstić information content (AvgIpc) is 3.73. The monoisotopic (exact) mass is 581 g/mol. The molecular weight excluding hydrogens is 542 g/mol. The molecule has 2 aliphatic carbocycles. The number of piperazine rings is 1. The minimum atomic E-state index is -0.0976. The van der Waals surface area contributed by atoms with E-state index in [1.807, 2.05) is 54.0 Å². The number of carbonyl (C=O) groups excluding carboxylic acids is 3. The van der Waals surface area contributed by atoms with Gasteiger partial charge in [0.15, 0.2) is 0 Å². The van der Waals surface area contributed by atoms with E-state index in [1.165, 1.54) is 17.0 Å². The van der Waals surface area contributed by atoms with Gasteiger partial charge in [-0.1, -0.05) is 30.7 Å². The summed E-state index contributed by atoms with van der Waals surface area (Å²) in [6.07, 6.45) is 24.1. The van der Waals surface area contributed by atoms with Crippen LogP contribution in [0, 0.1) is 69.6 Å². The third-order valence-electron chi connectivity index (χ3n) is 8.35. The van der Waals surface area contributed by atoms with Gasteiger partial charge in [0.1, 0.15) is 0 Å². The van der Waals surface area contributed by atoms with Gasteiger partial charge in [-0.2, -0.15) is 0 Å². The number of hydrogen-bond acceptors (Lipinski definition) is 3. The van der Waals surface area contributed by atoms with Gasteiger partial charge in [-0.25, -0.2) is 0 Å². The molecule has 1 aromatic rings. The molecule has 210 valence electrons. The molecule has 40 heavy (non-hydrogen) atoms. The summed E-state index contributed by atoms with van der Waals surface area (Å²) < 4.78 is 0. The fraction of sp³-hybridized carbons (Fsp3) is 0.424. The predicted octanol–water partition coefficient (Wildman–Crippen LogP) is 4.18. The van der Waals surface area contributed by atoms with Gasteiger partial charge in [-0.15, -0.1) is 0 Å². The van der Waals surface area contributed by atoms with Crippen LogP contribution in [-0.4, -0.2) is 65.1 Å². The summed E-state index contributed by atoms with van der Waals surface area (Å²) >= 11 is 0. The first-order valence-electron chi connectivity index (χ1n) is 14.4. The van der Waals surface area contributed by atoms with Gasteiger partial charge in [-0.3, -0.25) is 14.4 Å². The smallest absolute Gasteiger partial charge is 0.343 e. The van der Waals surface area contributed by atoms with Crippen molar-refractivity contribution in [1.82, 2.24) is 14.7 Å².